The second kappa shape index (κ2) is 9.43. The minimum atomic E-state index is -5.85. The molecule has 22 heteroatoms. The van der Waals surface area contributed by atoms with Crippen molar-refractivity contribution < 1.29 is 65.0 Å². The van der Waals surface area contributed by atoms with Crippen molar-refractivity contribution in [3.05, 3.63) is 22.5 Å². The molecule has 1 aliphatic heterocycles. The van der Waals surface area contributed by atoms with Gasteiger partial charge in [0.05, 0.1) is 18.7 Å². The highest BCUT2D eigenvalue weighted by Gasteiger charge is 2.57. The number of phosphoric acid groups is 3. The molecule has 7 N–H and O–H groups in total. The van der Waals surface area contributed by atoms with Gasteiger partial charge in [0, 0.05) is 0 Å². The number of anilines is 1. The second-order valence-corrected chi connectivity index (χ2v) is 10.8. The molecule has 1 aromatic heterocycles. The van der Waals surface area contributed by atoms with Crippen LogP contribution in [0.1, 0.15) is 6.23 Å². The lowest BCUT2D eigenvalue weighted by atomic mass is 9.99. The maximum Gasteiger partial charge on any atom is 0.490 e. The van der Waals surface area contributed by atoms with Crippen molar-refractivity contribution in [2.24, 2.45) is 0 Å². The average molecular weight is 552 g/mol. The minimum absolute atomic E-state index is 0.276. The van der Waals surface area contributed by atoms with E-state index >= 15 is 0 Å². The monoisotopic (exact) mass is 551 g/mol. The summed E-state index contributed by atoms with van der Waals surface area (Å²) >= 11 is 5.65. The van der Waals surface area contributed by atoms with Gasteiger partial charge in [0.1, 0.15) is 11.7 Å². The van der Waals surface area contributed by atoms with Gasteiger partial charge in [-0.2, -0.15) is 13.6 Å². The van der Waals surface area contributed by atoms with Gasteiger partial charge in [-0.05, 0) is 0 Å². The molecule has 0 aromatic carbocycles. The molecule has 32 heavy (non-hydrogen) atoms. The molecule has 0 radical (unpaired) electrons. The highest BCUT2D eigenvalue weighted by atomic mass is 35.5. The Labute approximate surface area is 180 Å². The molecule has 1 fully saturated rings. The molecule has 0 spiro atoms. The van der Waals surface area contributed by atoms with Crippen molar-refractivity contribution in [1.82, 2.24) is 9.55 Å². The maximum atomic E-state index is 14.7. The van der Waals surface area contributed by atoms with E-state index in [1.807, 2.05) is 0 Å². The molecule has 1 aromatic rings. The predicted molar refractivity (Wildman–Crippen MR) is 97.2 cm³/mol. The van der Waals surface area contributed by atoms with Gasteiger partial charge in [0.15, 0.2) is 24.0 Å². The molecule has 184 valence electrons. The van der Waals surface area contributed by atoms with Gasteiger partial charge in [-0.3, -0.25) is 9.09 Å². The van der Waals surface area contributed by atoms with E-state index in [4.69, 9.17) is 36.8 Å². The van der Waals surface area contributed by atoms with Crippen LogP contribution in [0.3, 0.4) is 0 Å². The largest absolute Gasteiger partial charge is 0.490 e. The predicted octanol–water partition coefficient (Wildman–Crippen LogP) is -0.487. The van der Waals surface area contributed by atoms with E-state index < -0.39 is 77.4 Å². The topological polar surface area (TPSA) is 250 Å². The summed E-state index contributed by atoms with van der Waals surface area (Å²) in [6, 6.07) is 0. The maximum absolute atomic E-state index is 14.7. The van der Waals surface area contributed by atoms with Crippen LogP contribution >= 0.6 is 35.1 Å². The molecule has 6 atom stereocenters. The Kier molecular flexibility index (Phi) is 8.07. The Bertz CT molecular complexity index is 1070. The number of nitrogens with zero attached hydrogens (tertiary/aromatic N) is 2. The fourth-order valence-electron chi connectivity index (χ4n) is 2.43. The zero-order valence-electron chi connectivity index (χ0n) is 15.2. The summed E-state index contributed by atoms with van der Waals surface area (Å²) in [6.07, 6.45) is -6.42. The fourth-order valence-corrected chi connectivity index (χ4v) is 5.81. The summed E-state index contributed by atoms with van der Waals surface area (Å²) in [5, 5.41) is 10.2. The molecule has 2 rings (SSSR count). The second-order valence-electron chi connectivity index (χ2n) is 6.12. The van der Waals surface area contributed by atoms with Crippen LogP contribution in [0.5, 0.6) is 0 Å². The Morgan fingerprint density at radius 3 is 2.38 bits per heavy atom. The molecule has 2 unspecified atom stereocenters. The summed E-state index contributed by atoms with van der Waals surface area (Å²) in [4.78, 5) is 50.5. The van der Waals surface area contributed by atoms with Crippen molar-refractivity contribution in [2.75, 3.05) is 18.2 Å². The van der Waals surface area contributed by atoms with Crippen molar-refractivity contribution >= 4 is 40.9 Å². The van der Waals surface area contributed by atoms with Crippen LogP contribution in [-0.2, 0) is 31.6 Å². The standard InChI is InChI=1S/C10H15ClF2N3O13P3/c11-2-10(3-26-31(22,23)29-32(24,25)28-30(19,20)21)6(17)5(13)8(27-10)16-1-4(12)7(14)15-9(16)18/h1,5-6,8,17H,2-3H2,(H,22,23)(H,24,25)(H2,14,15,18)(H2,19,20,21)/t5-,6-,8+,10+/m0/s1. The van der Waals surface area contributed by atoms with Gasteiger partial charge in [0.2, 0.25) is 0 Å². The molecule has 0 bridgehead atoms. The Morgan fingerprint density at radius 2 is 1.84 bits per heavy atom. The first kappa shape index (κ1) is 27.4. The number of phosphoric ester groups is 1. The van der Waals surface area contributed by atoms with Crippen molar-refractivity contribution in [2.45, 2.75) is 24.1 Å². The first-order valence-corrected chi connectivity index (χ1v) is 12.9. The number of rotatable bonds is 9. The van der Waals surface area contributed by atoms with Crippen LogP contribution in [-0.4, -0.2) is 64.6 Å². The zero-order valence-corrected chi connectivity index (χ0v) is 18.6. The fraction of sp³-hybridized carbons (Fsp3) is 0.600. The third kappa shape index (κ3) is 6.39. The van der Waals surface area contributed by atoms with E-state index in [9.17, 15) is 37.3 Å². The zero-order chi connectivity index (χ0) is 24.7. The Balaban J connectivity index is 2.24. The summed E-state index contributed by atoms with van der Waals surface area (Å²) in [5.74, 6) is -2.93. The lowest BCUT2D eigenvalue weighted by molar-refractivity contribution is -0.113. The van der Waals surface area contributed by atoms with Crippen molar-refractivity contribution in [1.29, 1.82) is 0 Å². The highest BCUT2D eigenvalue weighted by molar-refractivity contribution is 7.66. The third-order valence-corrected chi connectivity index (χ3v) is 8.03. The quantitative estimate of drug-likeness (QED) is 0.167. The molecule has 16 nitrogen and oxygen atoms in total. The molecule has 0 amide bonds. The van der Waals surface area contributed by atoms with Gasteiger partial charge >= 0.3 is 29.2 Å². The van der Waals surface area contributed by atoms with E-state index in [1.54, 1.807) is 0 Å². The van der Waals surface area contributed by atoms with Crippen LogP contribution < -0.4 is 11.4 Å². The molecule has 0 aliphatic carbocycles. The first-order chi connectivity index (χ1) is 14.4. The highest BCUT2D eigenvalue weighted by Crippen LogP contribution is 2.66. The molecule has 0 saturated carbocycles. The minimum Gasteiger partial charge on any atom is -0.387 e. The number of hydrogen-bond acceptors (Lipinski definition) is 11. The van der Waals surface area contributed by atoms with Crippen LogP contribution in [0.2, 0.25) is 0 Å². The number of aromatic nitrogens is 2. The number of alkyl halides is 2. The van der Waals surface area contributed by atoms with Crippen LogP contribution in [0.15, 0.2) is 11.0 Å². The van der Waals surface area contributed by atoms with Gasteiger partial charge in [-0.25, -0.2) is 27.3 Å². The average Bonchev–Trinajstić information content (AvgIpc) is 2.85. The van der Waals surface area contributed by atoms with E-state index in [2.05, 4.69) is 18.1 Å². The van der Waals surface area contributed by atoms with Gasteiger partial charge in [0.25, 0.3) is 0 Å². The number of nitrogens with two attached hydrogens (primary N) is 1. The molecule has 1 aliphatic rings. The summed E-state index contributed by atoms with van der Waals surface area (Å²) < 4.78 is 78.9. The third-order valence-electron chi connectivity index (χ3n) is 3.79. The number of aliphatic hydroxyl groups excluding tert-OH is 1. The SMILES string of the molecule is Nc1nc(=O)n([C@@H]2O[C@](CCl)(COP(=O)(O)OP(=O)(O)OP(=O)(O)O)[C@@H](O)[C@@H]2F)cc1F. The van der Waals surface area contributed by atoms with Crippen LogP contribution in [0.4, 0.5) is 14.6 Å². The lowest BCUT2D eigenvalue weighted by Gasteiger charge is -2.29. The summed E-state index contributed by atoms with van der Waals surface area (Å²) in [6.45, 7) is -1.34. The van der Waals surface area contributed by atoms with E-state index in [0.29, 0.717) is 6.20 Å². The first-order valence-electron chi connectivity index (χ1n) is 7.80. The lowest BCUT2D eigenvalue weighted by Crippen LogP contribution is -2.47. The molecule has 1 saturated heterocycles. The van der Waals surface area contributed by atoms with Crippen molar-refractivity contribution in [3.63, 3.8) is 0 Å². The Hall–Kier alpha value is -0.840. The molecular weight excluding hydrogens is 536 g/mol. The molecular formula is C10H15ClF2N3O13P3. The number of nitrogen functional groups attached to an aromatic ring is 1. The van der Waals surface area contributed by atoms with Gasteiger partial charge in [-0.15, -0.1) is 11.6 Å². The van der Waals surface area contributed by atoms with E-state index in [0.717, 1.165) is 0 Å². The van der Waals surface area contributed by atoms with Gasteiger partial charge < -0.3 is 35.2 Å². The van der Waals surface area contributed by atoms with E-state index in [-0.39, 0.29) is 4.57 Å². The number of aliphatic hydroxyl groups is 1. The summed E-state index contributed by atoms with van der Waals surface area (Å²) in [5.41, 5.74) is 1.42. The Morgan fingerprint density at radius 1 is 1.25 bits per heavy atom. The number of hydrogen-bond donors (Lipinski definition) is 6. The van der Waals surface area contributed by atoms with Crippen LogP contribution in [0, 0.1) is 5.82 Å². The van der Waals surface area contributed by atoms with Crippen molar-refractivity contribution in [3.8, 4) is 0 Å². The van der Waals surface area contributed by atoms with Crippen LogP contribution in [0.25, 0.3) is 0 Å². The molecule has 2 heterocycles. The number of ether oxygens (including phenoxy) is 1. The normalized spacial score (nSPS) is 30.1. The number of halogens is 3. The summed E-state index contributed by atoms with van der Waals surface area (Å²) in [7, 11) is -17.2. The smallest absolute Gasteiger partial charge is 0.387 e. The van der Waals surface area contributed by atoms with Gasteiger partial charge in [-0.1, -0.05) is 0 Å². The van der Waals surface area contributed by atoms with E-state index in [1.165, 1.54) is 0 Å².